The van der Waals surface area contributed by atoms with E-state index in [1.165, 1.54) is 30.5 Å². The largest absolute Gasteiger partial charge is 0.333 e. The zero-order valence-corrected chi connectivity index (χ0v) is 15.7. The summed E-state index contributed by atoms with van der Waals surface area (Å²) in [5.41, 5.74) is 3.21. The molecule has 5 nitrogen and oxygen atoms in total. The number of fused-ring (bicyclic) bond motifs is 5. The van der Waals surface area contributed by atoms with Crippen LogP contribution in [-0.4, -0.2) is 20.7 Å². The Hall–Kier alpha value is -1.91. The number of nitrogens with zero attached hydrogens (tertiary/aromatic N) is 3. The van der Waals surface area contributed by atoms with Crippen molar-refractivity contribution >= 4 is 11.6 Å². The predicted octanol–water partition coefficient (Wildman–Crippen LogP) is 3.77. The zero-order chi connectivity index (χ0) is 17.9. The quantitative estimate of drug-likeness (QED) is 0.837. The van der Waals surface area contributed by atoms with Crippen molar-refractivity contribution in [2.75, 3.05) is 0 Å². The summed E-state index contributed by atoms with van der Waals surface area (Å²) in [5, 5.41) is 7.43. The van der Waals surface area contributed by atoms with E-state index in [2.05, 4.69) is 35.3 Å². The van der Waals surface area contributed by atoms with Gasteiger partial charge < -0.3 is 5.32 Å². The van der Waals surface area contributed by atoms with Crippen LogP contribution in [0, 0.1) is 28.6 Å². The molecule has 0 radical (unpaired) electrons. The minimum Gasteiger partial charge on any atom is -0.333 e. The molecule has 1 amide bonds. The average molecular weight is 352 g/mol. The van der Waals surface area contributed by atoms with Crippen LogP contribution in [0.2, 0.25) is 0 Å². The molecule has 1 aromatic heterocycles. The van der Waals surface area contributed by atoms with E-state index >= 15 is 0 Å². The molecular weight excluding hydrogens is 324 g/mol. The van der Waals surface area contributed by atoms with Crippen molar-refractivity contribution in [1.29, 1.82) is 0 Å². The van der Waals surface area contributed by atoms with Crippen molar-refractivity contribution in [3.8, 4) is 0 Å². The number of allylic oxidation sites excluding steroid dienone is 3. The summed E-state index contributed by atoms with van der Waals surface area (Å²) in [5.74, 6) is 2.30. The van der Waals surface area contributed by atoms with Gasteiger partial charge >= 0.3 is 0 Å². The lowest BCUT2D eigenvalue weighted by Crippen LogP contribution is -2.49. The lowest BCUT2D eigenvalue weighted by molar-refractivity contribution is -0.120. The molecule has 0 saturated heterocycles. The topological polar surface area (TPSA) is 59.8 Å². The first kappa shape index (κ1) is 16.3. The Balaban J connectivity index is 1.47. The van der Waals surface area contributed by atoms with Crippen LogP contribution in [0.25, 0.3) is 5.70 Å². The van der Waals surface area contributed by atoms with Gasteiger partial charge in [0.1, 0.15) is 12.7 Å². The number of amides is 1. The number of aromatic nitrogens is 3. The van der Waals surface area contributed by atoms with E-state index in [0.29, 0.717) is 18.3 Å². The SMILES string of the molecule is CC12CCC(=O)NC=C1CCC1C2CCC2(C)C(n3cncn3)=CCC12. The Labute approximate surface area is 155 Å². The third-order valence-electron chi connectivity index (χ3n) is 8.22. The summed E-state index contributed by atoms with van der Waals surface area (Å²) < 4.78 is 1.99. The van der Waals surface area contributed by atoms with Crippen LogP contribution in [-0.2, 0) is 4.79 Å². The number of hydrogen-bond donors (Lipinski definition) is 1. The molecule has 138 valence electrons. The molecule has 5 unspecified atom stereocenters. The second kappa shape index (κ2) is 5.54. The van der Waals surface area contributed by atoms with Crippen LogP contribution in [0.1, 0.15) is 58.8 Å². The van der Waals surface area contributed by atoms with Crippen molar-refractivity contribution in [1.82, 2.24) is 20.1 Å². The average Bonchev–Trinajstić information content (AvgIpc) is 3.22. The highest BCUT2D eigenvalue weighted by atomic mass is 16.1. The lowest BCUT2D eigenvalue weighted by Gasteiger charge is -2.56. The number of hydrogen-bond acceptors (Lipinski definition) is 3. The molecule has 0 spiro atoms. The van der Waals surface area contributed by atoms with Crippen molar-refractivity contribution in [3.63, 3.8) is 0 Å². The molecule has 0 bridgehead atoms. The smallest absolute Gasteiger partial charge is 0.223 e. The number of carbonyl (C=O) groups excluding carboxylic acids is 1. The van der Waals surface area contributed by atoms with Gasteiger partial charge in [-0.2, -0.15) is 5.10 Å². The maximum absolute atomic E-state index is 12.0. The van der Waals surface area contributed by atoms with Gasteiger partial charge in [-0.3, -0.25) is 4.79 Å². The highest BCUT2D eigenvalue weighted by Gasteiger charge is 2.57. The number of carbonyl (C=O) groups is 1. The summed E-state index contributed by atoms with van der Waals surface area (Å²) in [7, 11) is 0. The first-order valence-electron chi connectivity index (χ1n) is 10.1. The second-order valence-electron chi connectivity index (χ2n) is 9.19. The van der Waals surface area contributed by atoms with Gasteiger partial charge in [0.25, 0.3) is 0 Å². The fourth-order valence-electron chi connectivity index (χ4n) is 6.76. The molecule has 2 saturated carbocycles. The van der Waals surface area contributed by atoms with E-state index in [1.807, 2.05) is 17.2 Å². The molecule has 5 rings (SSSR count). The number of rotatable bonds is 1. The van der Waals surface area contributed by atoms with Gasteiger partial charge in [0.15, 0.2) is 0 Å². The van der Waals surface area contributed by atoms with Crippen LogP contribution in [0.3, 0.4) is 0 Å². The van der Waals surface area contributed by atoms with E-state index < -0.39 is 0 Å². The Kier molecular flexibility index (Phi) is 3.47. The molecule has 3 aliphatic carbocycles. The monoisotopic (exact) mass is 352 g/mol. The minimum absolute atomic E-state index is 0.180. The minimum atomic E-state index is 0.180. The van der Waals surface area contributed by atoms with Crippen LogP contribution in [0.4, 0.5) is 0 Å². The third-order valence-corrected chi connectivity index (χ3v) is 8.22. The normalized spacial score (nSPS) is 41.9. The molecule has 4 aliphatic rings. The van der Waals surface area contributed by atoms with E-state index in [9.17, 15) is 4.79 Å². The zero-order valence-electron chi connectivity index (χ0n) is 15.7. The predicted molar refractivity (Wildman–Crippen MR) is 99.5 cm³/mol. The first-order valence-corrected chi connectivity index (χ1v) is 10.1. The van der Waals surface area contributed by atoms with E-state index in [0.717, 1.165) is 25.2 Å². The summed E-state index contributed by atoms with van der Waals surface area (Å²) in [4.78, 5) is 16.1. The lowest BCUT2D eigenvalue weighted by atomic mass is 9.48. The second-order valence-corrected chi connectivity index (χ2v) is 9.19. The number of nitrogens with one attached hydrogen (secondary N) is 1. The molecule has 5 atom stereocenters. The standard InChI is InChI=1S/C21H28N4O/c1-20-10-8-19(26)23-11-14(20)3-4-15-16-5-6-18(25-13-22-12-24-25)21(16,2)9-7-17(15)20/h6,11-13,15-17H,3-5,7-10H2,1-2H3,(H,23,26). The van der Waals surface area contributed by atoms with Crippen LogP contribution in [0.15, 0.2) is 30.5 Å². The van der Waals surface area contributed by atoms with Crippen molar-refractivity contribution in [2.24, 2.45) is 28.6 Å². The molecule has 2 fully saturated rings. The molecule has 0 aromatic carbocycles. The highest BCUT2D eigenvalue weighted by Crippen LogP contribution is 2.65. The molecule has 1 aromatic rings. The molecule has 26 heavy (non-hydrogen) atoms. The molecular formula is C21H28N4O. The first-order chi connectivity index (χ1) is 12.5. The fraction of sp³-hybridized carbons (Fsp3) is 0.667. The summed E-state index contributed by atoms with van der Waals surface area (Å²) >= 11 is 0. The van der Waals surface area contributed by atoms with Gasteiger partial charge in [0.05, 0.1) is 0 Å². The fourth-order valence-corrected chi connectivity index (χ4v) is 6.76. The summed E-state index contributed by atoms with van der Waals surface area (Å²) in [6, 6.07) is 0. The molecule has 1 N–H and O–H groups in total. The van der Waals surface area contributed by atoms with Crippen molar-refractivity contribution in [2.45, 2.75) is 58.8 Å². The summed E-state index contributed by atoms with van der Waals surface area (Å²) in [6.07, 6.45) is 15.6. The van der Waals surface area contributed by atoms with E-state index in [4.69, 9.17) is 0 Å². The van der Waals surface area contributed by atoms with Crippen LogP contribution >= 0.6 is 0 Å². The van der Waals surface area contributed by atoms with Crippen LogP contribution < -0.4 is 5.32 Å². The Morgan fingerprint density at radius 2 is 2.04 bits per heavy atom. The molecule has 5 heteroatoms. The Bertz CT molecular complexity index is 795. The van der Waals surface area contributed by atoms with Gasteiger partial charge in [-0.25, -0.2) is 9.67 Å². The third kappa shape index (κ3) is 2.12. The highest BCUT2D eigenvalue weighted by molar-refractivity contribution is 5.77. The van der Waals surface area contributed by atoms with Crippen molar-refractivity contribution in [3.05, 3.63) is 30.5 Å². The summed E-state index contributed by atoms with van der Waals surface area (Å²) in [6.45, 7) is 4.87. The maximum atomic E-state index is 12.0. The van der Waals surface area contributed by atoms with Gasteiger partial charge in [0, 0.05) is 23.7 Å². The van der Waals surface area contributed by atoms with Gasteiger partial charge in [0.2, 0.25) is 5.91 Å². The Morgan fingerprint density at radius 3 is 2.85 bits per heavy atom. The van der Waals surface area contributed by atoms with Gasteiger partial charge in [-0.15, -0.1) is 0 Å². The van der Waals surface area contributed by atoms with Crippen molar-refractivity contribution < 1.29 is 4.79 Å². The molecule has 2 heterocycles. The van der Waals surface area contributed by atoms with Crippen LogP contribution in [0.5, 0.6) is 0 Å². The molecule has 1 aliphatic heterocycles. The van der Waals surface area contributed by atoms with Gasteiger partial charge in [-0.1, -0.05) is 19.9 Å². The van der Waals surface area contributed by atoms with E-state index in [1.54, 1.807) is 6.33 Å². The van der Waals surface area contributed by atoms with E-state index in [-0.39, 0.29) is 16.7 Å². The Morgan fingerprint density at radius 1 is 1.15 bits per heavy atom. The van der Waals surface area contributed by atoms with Gasteiger partial charge in [-0.05, 0) is 67.3 Å². The maximum Gasteiger partial charge on any atom is 0.223 e.